The minimum absolute atomic E-state index is 0.130. The Morgan fingerprint density at radius 1 is 1.20 bits per heavy atom. The second-order valence-corrected chi connectivity index (χ2v) is 9.49. The minimum Gasteiger partial charge on any atom is -0.481 e. The summed E-state index contributed by atoms with van der Waals surface area (Å²) in [5.74, 6) is 1.40. The van der Waals surface area contributed by atoms with E-state index in [-0.39, 0.29) is 22.5 Å². The maximum atomic E-state index is 11.9. The van der Waals surface area contributed by atoms with Gasteiger partial charge in [0.25, 0.3) is 0 Å². The molecule has 0 aliphatic heterocycles. The molecule has 0 aromatic carbocycles. The van der Waals surface area contributed by atoms with Gasteiger partial charge >= 0.3 is 5.97 Å². The lowest BCUT2D eigenvalue weighted by molar-refractivity contribution is -0.145. The van der Waals surface area contributed by atoms with Crippen LogP contribution in [-0.4, -0.2) is 16.9 Å². The molecule has 0 bridgehead atoms. The number of carbonyl (C=O) groups is 2. The quantitative estimate of drug-likeness (QED) is 0.796. The maximum absolute atomic E-state index is 11.9. The van der Waals surface area contributed by atoms with Gasteiger partial charge in [-0.05, 0) is 78.3 Å². The zero-order valence-corrected chi connectivity index (χ0v) is 15.6. The van der Waals surface area contributed by atoms with E-state index in [2.05, 4.69) is 26.0 Å². The molecular formula is C22H30O3. The van der Waals surface area contributed by atoms with Crippen LogP contribution in [0.5, 0.6) is 0 Å². The van der Waals surface area contributed by atoms with Crippen molar-refractivity contribution >= 4 is 11.8 Å². The number of hydrogen-bond acceptors (Lipinski definition) is 2. The number of hydrogen-bond donors (Lipinski definition) is 1. The molecule has 3 heteroatoms. The summed E-state index contributed by atoms with van der Waals surface area (Å²) in [7, 11) is 0. The lowest BCUT2D eigenvalue weighted by Crippen LogP contribution is -2.49. The number of allylic oxidation sites excluding steroid dienone is 4. The number of carboxylic acids is 1. The first kappa shape index (κ1) is 17.1. The highest BCUT2D eigenvalue weighted by Crippen LogP contribution is 2.66. The summed E-state index contributed by atoms with van der Waals surface area (Å²) in [6.07, 6.45) is 12.6. The third-order valence-corrected chi connectivity index (χ3v) is 8.58. The summed E-state index contributed by atoms with van der Waals surface area (Å²) >= 11 is 0. The van der Waals surface area contributed by atoms with Gasteiger partial charge < -0.3 is 5.11 Å². The summed E-state index contributed by atoms with van der Waals surface area (Å²) in [4.78, 5) is 23.5. The molecule has 1 N–H and O–H groups in total. The first-order valence-electron chi connectivity index (χ1n) is 9.93. The zero-order valence-electron chi connectivity index (χ0n) is 15.6. The third-order valence-electron chi connectivity index (χ3n) is 8.58. The van der Waals surface area contributed by atoms with Gasteiger partial charge in [0.2, 0.25) is 0 Å². The van der Waals surface area contributed by atoms with Crippen molar-refractivity contribution < 1.29 is 14.7 Å². The largest absolute Gasteiger partial charge is 0.481 e. The zero-order chi connectivity index (χ0) is 18.0. The molecule has 2 fully saturated rings. The molecular weight excluding hydrogens is 312 g/mol. The standard InChI is InChI=1S/C22H30O3/c1-13(20(24)25)17-6-7-18-16-5-4-14-12-15(23)8-10-21(14,2)19(16)9-11-22(17,18)3/h4-5,12-13,16-19H,6-11H2,1-3H3,(H,24,25)/t13?,16-,17+,18-,19-,21-,22+/m0/s1. The van der Waals surface area contributed by atoms with Crippen molar-refractivity contribution in [3.63, 3.8) is 0 Å². The lowest BCUT2D eigenvalue weighted by Gasteiger charge is -2.56. The van der Waals surface area contributed by atoms with Crippen LogP contribution in [-0.2, 0) is 9.59 Å². The summed E-state index contributed by atoms with van der Waals surface area (Å²) in [6, 6.07) is 0. The van der Waals surface area contributed by atoms with Gasteiger partial charge in [-0.3, -0.25) is 9.59 Å². The van der Waals surface area contributed by atoms with Crippen molar-refractivity contribution in [1.82, 2.24) is 0 Å². The topological polar surface area (TPSA) is 54.4 Å². The van der Waals surface area contributed by atoms with E-state index in [1.807, 2.05) is 13.0 Å². The van der Waals surface area contributed by atoms with Crippen LogP contribution in [0.4, 0.5) is 0 Å². The summed E-state index contributed by atoms with van der Waals surface area (Å²) in [5.41, 5.74) is 1.51. The molecule has 136 valence electrons. The Morgan fingerprint density at radius 2 is 1.96 bits per heavy atom. The molecule has 2 saturated carbocycles. The number of fused-ring (bicyclic) bond motifs is 5. The van der Waals surface area contributed by atoms with E-state index in [9.17, 15) is 14.7 Å². The summed E-state index contributed by atoms with van der Waals surface area (Å²) < 4.78 is 0. The Labute approximate surface area is 150 Å². The molecule has 3 nitrogen and oxygen atoms in total. The number of ketones is 1. The van der Waals surface area contributed by atoms with Crippen LogP contribution in [0.15, 0.2) is 23.8 Å². The average molecular weight is 342 g/mol. The first-order valence-corrected chi connectivity index (χ1v) is 9.93. The Morgan fingerprint density at radius 3 is 2.68 bits per heavy atom. The van der Waals surface area contributed by atoms with Gasteiger partial charge in [-0.15, -0.1) is 0 Å². The van der Waals surface area contributed by atoms with Crippen LogP contribution < -0.4 is 0 Å². The maximum Gasteiger partial charge on any atom is 0.306 e. The monoisotopic (exact) mass is 342 g/mol. The van der Waals surface area contributed by atoms with Gasteiger partial charge in [0.05, 0.1) is 5.92 Å². The number of carbonyl (C=O) groups excluding carboxylic acids is 1. The van der Waals surface area contributed by atoms with Gasteiger partial charge in [0.15, 0.2) is 5.78 Å². The van der Waals surface area contributed by atoms with Gasteiger partial charge in [0, 0.05) is 6.42 Å². The van der Waals surface area contributed by atoms with E-state index >= 15 is 0 Å². The fraction of sp³-hybridized carbons (Fsp3) is 0.727. The van der Waals surface area contributed by atoms with E-state index in [0.29, 0.717) is 30.1 Å². The predicted molar refractivity (Wildman–Crippen MR) is 96.9 cm³/mol. The van der Waals surface area contributed by atoms with Crippen molar-refractivity contribution in [2.24, 2.45) is 40.4 Å². The molecule has 7 atom stereocenters. The Balaban J connectivity index is 1.68. The smallest absolute Gasteiger partial charge is 0.306 e. The van der Waals surface area contributed by atoms with Crippen LogP contribution in [0.1, 0.15) is 59.3 Å². The number of aliphatic carboxylic acids is 1. The van der Waals surface area contributed by atoms with E-state index in [1.165, 1.54) is 5.57 Å². The fourth-order valence-electron chi connectivity index (χ4n) is 7.03. The molecule has 0 amide bonds. The van der Waals surface area contributed by atoms with Crippen LogP contribution >= 0.6 is 0 Å². The highest BCUT2D eigenvalue weighted by Gasteiger charge is 2.59. The molecule has 4 aliphatic rings. The summed E-state index contributed by atoms with van der Waals surface area (Å²) in [5, 5.41) is 9.55. The molecule has 0 aromatic rings. The van der Waals surface area contributed by atoms with E-state index in [0.717, 1.165) is 32.1 Å². The highest BCUT2D eigenvalue weighted by atomic mass is 16.4. The van der Waals surface area contributed by atoms with Crippen LogP contribution in [0, 0.1) is 40.4 Å². The molecule has 0 radical (unpaired) electrons. The van der Waals surface area contributed by atoms with Crippen molar-refractivity contribution in [3.05, 3.63) is 23.8 Å². The normalized spacial score (nSPS) is 46.7. The van der Waals surface area contributed by atoms with Crippen molar-refractivity contribution in [2.45, 2.75) is 59.3 Å². The minimum atomic E-state index is -0.642. The van der Waals surface area contributed by atoms with E-state index < -0.39 is 5.97 Å². The van der Waals surface area contributed by atoms with E-state index in [4.69, 9.17) is 0 Å². The second-order valence-electron chi connectivity index (χ2n) is 9.49. The van der Waals surface area contributed by atoms with Gasteiger partial charge in [-0.25, -0.2) is 0 Å². The molecule has 4 rings (SSSR count). The van der Waals surface area contributed by atoms with Crippen molar-refractivity contribution in [2.75, 3.05) is 0 Å². The van der Waals surface area contributed by atoms with E-state index in [1.54, 1.807) is 0 Å². The Kier molecular flexibility index (Phi) is 3.79. The molecule has 4 aliphatic carbocycles. The Bertz CT molecular complexity index is 675. The molecule has 1 unspecified atom stereocenters. The molecule has 0 saturated heterocycles. The number of rotatable bonds is 2. The highest BCUT2D eigenvalue weighted by molar-refractivity contribution is 5.92. The average Bonchev–Trinajstić information content (AvgIpc) is 2.92. The SMILES string of the molecule is CC(C(=O)O)[C@H]1CC[C@H]2[C@@H]3C=CC4=CC(=O)CC[C@]4(C)[C@H]3CC[C@]12C. The Hall–Kier alpha value is -1.38. The van der Waals surface area contributed by atoms with Crippen LogP contribution in [0.2, 0.25) is 0 Å². The summed E-state index contributed by atoms with van der Waals surface area (Å²) in [6.45, 7) is 6.62. The first-order chi connectivity index (χ1) is 11.8. The molecule has 25 heavy (non-hydrogen) atoms. The van der Waals surface area contributed by atoms with Gasteiger partial charge in [-0.2, -0.15) is 0 Å². The van der Waals surface area contributed by atoms with Gasteiger partial charge in [-0.1, -0.05) is 32.9 Å². The fourth-order valence-corrected chi connectivity index (χ4v) is 7.03. The van der Waals surface area contributed by atoms with Crippen LogP contribution in [0.3, 0.4) is 0 Å². The lowest BCUT2D eigenvalue weighted by atomic mass is 9.48. The number of carboxylic acid groups (broad SMARTS) is 1. The van der Waals surface area contributed by atoms with Gasteiger partial charge in [0.1, 0.15) is 0 Å². The molecule has 0 aromatic heterocycles. The predicted octanol–water partition coefficient (Wildman–Crippen LogP) is 4.63. The third kappa shape index (κ3) is 2.30. The molecule has 0 heterocycles. The van der Waals surface area contributed by atoms with Crippen molar-refractivity contribution in [3.8, 4) is 0 Å². The molecule has 0 spiro atoms. The van der Waals surface area contributed by atoms with Crippen molar-refractivity contribution in [1.29, 1.82) is 0 Å². The van der Waals surface area contributed by atoms with Crippen LogP contribution in [0.25, 0.3) is 0 Å². The second kappa shape index (κ2) is 5.56.